The molecule has 0 saturated carbocycles. The number of fused-ring (bicyclic) bond motifs is 3. The highest BCUT2D eigenvalue weighted by Crippen LogP contribution is 2.39. The lowest BCUT2D eigenvalue weighted by molar-refractivity contribution is -0.138. The molecule has 1 aliphatic rings. The van der Waals surface area contributed by atoms with Crippen LogP contribution in [-0.2, 0) is 40.2 Å². The van der Waals surface area contributed by atoms with E-state index in [1.807, 2.05) is 39.8 Å². The second kappa shape index (κ2) is 17.2. The summed E-state index contributed by atoms with van der Waals surface area (Å²) < 4.78 is 29.2. The summed E-state index contributed by atoms with van der Waals surface area (Å²) in [6.45, 7) is 8.19. The maximum absolute atomic E-state index is 14.8. The lowest BCUT2D eigenvalue weighted by atomic mass is 9.72. The normalized spacial score (nSPS) is 17.8. The quantitative estimate of drug-likeness (QED) is 0.0999. The van der Waals surface area contributed by atoms with Crippen molar-refractivity contribution in [3.63, 3.8) is 0 Å². The Hall–Kier alpha value is -4.02. The van der Waals surface area contributed by atoms with Gasteiger partial charge in [-0.25, -0.2) is 8.78 Å². The number of nitrogens with zero attached hydrogens (tertiary/aromatic N) is 1. The number of aryl methyl sites for hydroxylation is 1. The summed E-state index contributed by atoms with van der Waals surface area (Å²) in [5.74, 6) is -3.15. The molecule has 52 heavy (non-hydrogen) atoms. The molecule has 2 amide bonds. The van der Waals surface area contributed by atoms with Gasteiger partial charge in [-0.3, -0.25) is 19.4 Å². The van der Waals surface area contributed by atoms with Gasteiger partial charge in [0.15, 0.2) is 5.78 Å². The highest BCUT2D eigenvalue weighted by molar-refractivity contribution is 7.80. The summed E-state index contributed by atoms with van der Waals surface area (Å²) in [4.78, 5) is 51.0. The van der Waals surface area contributed by atoms with Gasteiger partial charge in [0.1, 0.15) is 17.2 Å². The van der Waals surface area contributed by atoms with E-state index < -0.39 is 23.2 Å². The Morgan fingerprint density at radius 2 is 1.65 bits per heavy atom. The molecule has 0 aliphatic heterocycles. The number of Topliss-reactive ketones (excluding diaryl/α,β-unsaturated/α-hetero) is 1. The molecule has 2 aromatic heterocycles. The van der Waals surface area contributed by atoms with Gasteiger partial charge in [-0.1, -0.05) is 82.6 Å². The zero-order valence-corrected chi connectivity index (χ0v) is 31.7. The smallest absolute Gasteiger partial charge is 0.224 e. The molecule has 2 aromatic carbocycles. The Balaban J connectivity index is 1.47. The van der Waals surface area contributed by atoms with Crippen LogP contribution < -0.4 is 10.6 Å². The van der Waals surface area contributed by atoms with E-state index in [1.54, 1.807) is 30.6 Å². The lowest BCUT2D eigenvalue weighted by Crippen LogP contribution is -2.60. The van der Waals surface area contributed by atoms with Crippen LogP contribution in [0.5, 0.6) is 0 Å². The van der Waals surface area contributed by atoms with Crippen molar-refractivity contribution in [2.45, 2.75) is 91.1 Å². The molecule has 1 aliphatic carbocycles. The summed E-state index contributed by atoms with van der Waals surface area (Å²) in [5, 5.41) is 7.00. The van der Waals surface area contributed by atoms with Gasteiger partial charge in [0.05, 0.1) is 10.5 Å². The van der Waals surface area contributed by atoms with Gasteiger partial charge in [-0.05, 0) is 83.0 Å². The van der Waals surface area contributed by atoms with Gasteiger partial charge in [-0.15, -0.1) is 0 Å². The Morgan fingerprint density at radius 1 is 0.981 bits per heavy atom. The van der Waals surface area contributed by atoms with Gasteiger partial charge < -0.3 is 15.6 Å². The highest BCUT2D eigenvalue weighted by atomic mass is 35.5. The topological polar surface area (TPSA) is 104 Å². The van der Waals surface area contributed by atoms with E-state index in [0.717, 1.165) is 11.3 Å². The number of amides is 2. The fourth-order valence-corrected chi connectivity index (χ4v) is 7.86. The number of hydrogen-bond donors (Lipinski definition) is 3. The molecule has 4 aromatic rings. The number of thiocarbonyl (C=S) groups is 1. The number of hydrogen-bond acceptors (Lipinski definition) is 5. The third kappa shape index (κ3) is 8.94. The zero-order valence-electron chi connectivity index (χ0n) is 30.2. The minimum Gasteiger partial charge on any atom is -0.357 e. The molecule has 0 spiro atoms. The van der Waals surface area contributed by atoms with Gasteiger partial charge in [0.2, 0.25) is 11.8 Å². The molecule has 11 heteroatoms. The standard InChI is InChI=1S/C41H47ClF2N4O3S/c1-5-24(3)30(20-29(52)17-27-9-7-8-10-35(27)44)40(51)48-41(14-11-36-33(22-41)32-18-28(43)19-34(42)38(32)47-36)37(49)21-31(25(4)6-2)39(50)46-23-26-12-15-45-16-13-26/h7-10,12-13,15-16,18-19,24-25,30-31,47H,5-6,11,14,17,20-23H2,1-4H3,(H,46,50)(H,48,51)/t24?,25?,30-,31-,41+/m0/s1. The van der Waals surface area contributed by atoms with Crippen molar-refractivity contribution >= 4 is 57.2 Å². The number of pyridine rings is 1. The van der Waals surface area contributed by atoms with Crippen molar-refractivity contribution in [2.75, 3.05) is 0 Å². The Labute approximate surface area is 314 Å². The van der Waals surface area contributed by atoms with Crippen LogP contribution in [-0.4, -0.2) is 38.0 Å². The van der Waals surface area contributed by atoms with E-state index in [0.29, 0.717) is 52.7 Å². The Kier molecular flexibility index (Phi) is 13.0. The number of benzene rings is 2. The first-order chi connectivity index (χ1) is 24.8. The van der Waals surface area contributed by atoms with E-state index in [4.69, 9.17) is 23.8 Å². The molecule has 0 saturated heterocycles. The first-order valence-electron chi connectivity index (χ1n) is 18.1. The van der Waals surface area contributed by atoms with Crippen molar-refractivity contribution < 1.29 is 23.2 Å². The number of ketones is 1. The van der Waals surface area contributed by atoms with Crippen molar-refractivity contribution in [1.82, 2.24) is 20.6 Å². The molecule has 276 valence electrons. The second-order valence-corrected chi connectivity index (χ2v) is 15.3. The van der Waals surface area contributed by atoms with Crippen LogP contribution in [0.25, 0.3) is 10.9 Å². The molecule has 7 nitrogen and oxygen atoms in total. The number of carbonyl (C=O) groups excluding carboxylic acids is 3. The fraction of sp³-hybridized carbons (Fsp3) is 0.439. The molecule has 5 rings (SSSR count). The lowest BCUT2D eigenvalue weighted by Gasteiger charge is -2.39. The predicted molar refractivity (Wildman–Crippen MR) is 205 cm³/mol. The summed E-state index contributed by atoms with van der Waals surface area (Å²) in [6, 6.07) is 12.7. The van der Waals surface area contributed by atoms with Crippen molar-refractivity contribution in [3.8, 4) is 0 Å². The molecule has 2 heterocycles. The minimum absolute atomic E-state index is 0.0933. The van der Waals surface area contributed by atoms with Gasteiger partial charge in [0.25, 0.3) is 0 Å². The number of rotatable bonds is 16. The highest BCUT2D eigenvalue weighted by Gasteiger charge is 2.46. The van der Waals surface area contributed by atoms with Crippen LogP contribution in [0.3, 0.4) is 0 Å². The van der Waals surface area contributed by atoms with E-state index in [-0.39, 0.29) is 72.4 Å². The molecule has 2 unspecified atom stereocenters. The predicted octanol–water partition coefficient (Wildman–Crippen LogP) is 8.44. The van der Waals surface area contributed by atoms with Crippen LogP contribution in [0.15, 0.2) is 60.9 Å². The van der Waals surface area contributed by atoms with Crippen molar-refractivity contribution in [3.05, 3.63) is 100.0 Å². The zero-order chi connectivity index (χ0) is 37.6. The number of aromatic amines is 1. The van der Waals surface area contributed by atoms with Gasteiger partial charge in [0, 0.05) is 61.1 Å². The second-order valence-electron chi connectivity index (χ2n) is 14.3. The van der Waals surface area contributed by atoms with Gasteiger partial charge >= 0.3 is 0 Å². The van der Waals surface area contributed by atoms with E-state index in [9.17, 15) is 23.2 Å². The van der Waals surface area contributed by atoms with Crippen LogP contribution in [0.4, 0.5) is 8.78 Å². The molecule has 5 atom stereocenters. The fourth-order valence-electron chi connectivity index (χ4n) is 7.28. The molecule has 0 bridgehead atoms. The number of aromatic nitrogens is 2. The molecule has 0 radical (unpaired) electrons. The third-order valence-electron chi connectivity index (χ3n) is 10.9. The van der Waals surface area contributed by atoms with E-state index >= 15 is 0 Å². The number of carbonyl (C=O) groups is 3. The summed E-state index contributed by atoms with van der Waals surface area (Å²) >= 11 is 12.2. The number of nitrogens with one attached hydrogen (secondary N) is 3. The first-order valence-corrected chi connectivity index (χ1v) is 18.9. The maximum atomic E-state index is 14.8. The third-order valence-corrected chi connectivity index (χ3v) is 11.6. The van der Waals surface area contributed by atoms with E-state index in [2.05, 4.69) is 20.6 Å². The number of H-pyrrole nitrogens is 1. The minimum atomic E-state index is -1.38. The van der Waals surface area contributed by atoms with Crippen LogP contribution >= 0.6 is 23.8 Å². The summed E-state index contributed by atoms with van der Waals surface area (Å²) in [6.07, 6.45) is 5.79. The summed E-state index contributed by atoms with van der Waals surface area (Å²) in [7, 11) is 0. The largest absolute Gasteiger partial charge is 0.357 e. The molecular formula is C41H47ClF2N4O3S. The average molecular weight is 749 g/mol. The monoisotopic (exact) mass is 748 g/mol. The van der Waals surface area contributed by atoms with Crippen LogP contribution in [0, 0.1) is 35.3 Å². The van der Waals surface area contributed by atoms with Gasteiger partial charge in [-0.2, -0.15) is 0 Å². The molecule has 3 N–H and O–H groups in total. The number of halogens is 3. The molecule has 0 fully saturated rings. The Bertz CT molecular complexity index is 1940. The van der Waals surface area contributed by atoms with Crippen molar-refractivity contribution in [1.29, 1.82) is 0 Å². The SMILES string of the molecule is CCC(C)[C@H](CC(=O)[C@@]1(NC(=O)[C@@H](CC(=S)Cc2ccccc2F)C(C)CC)CCc2[nH]c3c(Cl)cc(F)cc3c2C1)C(=O)NCc1ccncc1. The van der Waals surface area contributed by atoms with Crippen LogP contribution in [0.1, 0.15) is 82.2 Å². The van der Waals surface area contributed by atoms with E-state index in [1.165, 1.54) is 18.2 Å². The molecular weight excluding hydrogens is 702 g/mol. The first kappa shape index (κ1) is 39.2. The maximum Gasteiger partial charge on any atom is 0.224 e. The van der Waals surface area contributed by atoms with Crippen molar-refractivity contribution in [2.24, 2.45) is 23.7 Å². The Morgan fingerprint density at radius 3 is 2.33 bits per heavy atom. The van der Waals surface area contributed by atoms with Crippen LogP contribution in [0.2, 0.25) is 5.02 Å². The average Bonchev–Trinajstić information content (AvgIpc) is 3.50. The summed E-state index contributed by atoms with van der Waals surface area (Å²) in [5.41, 5.74) is 2.09.